The lowest BCUT2D eigenvalue weighted by Gasteiger charge is -2.21. The Kier molecular flexibility index (Phi) is 10.7. The summed E-state index contributed by atoms with van der Waals surface area (Å²) in [4.78, 5) is 43.1. The third kappa shape index (κ3) is 8.34. The summed E-state index contributed by atoms with van der Waals surface area (Å²) in [5, 5.41) is 22.8. The second-order valence-electron chi connectivity index (χ2n) is 9.48. The molecule has 0 saturated carbocycles. The maximum atomic E-state index is 13.3. The maximum Gasteiger partial charge on any atom is 0.343 e. The smallest absolute Gasteiger partial charge is 0.343 e. The lowest BCUT2D eigenvalue weighted by atomic mass is 10.1. The Morgan fingerprint density at radius 1 is 1.02 bits per heavy atom. The van der Waals surface area contributed by atoms with E-state index in [4.69, 9.17) is 16.2 Å². The molecule has 0 saturated heterocycles. The molecule has 3 rings (SSSR count). The zero-order valence-corrected chi connectivity index (χ0v) is 23.8. The highest BCUT2D eigenvalue weighted by Crippen LogP contribution is 2.28. The minimum absolute atomic E-state index is 0.00389. The number of ether oxygens (including phenoxy) is 1. The van der Waals surface area contributed by atoms with Crippen LogP contribution >= 0.6 is 0 Å². The fourth-order valence-electron chi connectivity index (χ4n) is 4.24. The van der Waals surface area contributed by atoms with Gasteiger partial charge in [-0.25, -0.2) is 14.6 Å². The van der Waals surface area contributed by atoms with Gasteiger partial charge in [0.15, 0.2) is 0 Å². The van der Waals surface area contributed by atoms with Crippen molar-refractivity contribution in [2.24, 2.45) is 11.5 Å². The Hall–Kier alpha value is -5.32. The van der Waals surface area contributed by atoms with E-state index in [2.05, 4.69) is 15.2 Å². The fraction of sp³-hybridized carbons (Fsp3) is 0.226. The van der Waals surface area contributed by atoms with Gasteiger partial charge in [0.05, 0.1) is 5.56 Å². The first kappa shape index (κ1) is 31.2. The van der Waals surface area contributed by atoms with Crippen molar-refractivity contribution in [3.63, 3.8) is 0 Å². The summed E-state index contributed by atoms with van der Waals surface area (Å²) in [6.45, 7) is 7.09. The number of amides is 1. The lowest BCUT2D eigenvalue weighted by Crippen LogP contribution is -2.72. The van der Waals surface area contributed by atoms with Crippen LogP contribution in [0.15, 0.2) is 72.3 Å². The van der Waals surface area contributed by atoms with Crippen molar-refractivity contribution in [1.82, 2.24) is 5.32 Å². The van der Waals surface area contributed by atoms with Gasteiger partial charge >= 0.3 is 17.9 Å². The number of aliphatic carboxylic acids is 1. The number of rotatable bonds is 12. The summed E-state index contributed by atoms with van der Waals surface area (Å²) in [6.07, 6.45) is 1.51. The normalized spacial score (nSPS) is 11.7. The molecule has 0 fully saturated rings. The molecule has 1 atom stereocenters. The van der Waals surface area contributed by atoms with Crippen LogP contribution in [-0.2, 0) is 16.0 Å². The molecule has 0 radical (unpaired) electrons. The van der Waals surface area contributed by atoms with Gasteiger partial charge in [0.25, 0.3) is 5.91 Å². The minimum Gasteiger partial charge on any atom is -0.507 e. The van der Waals surface area contributed by atoms with Crippen LogP contribution in [-0.4, -0.2) is 53.1 Å². The predicted molar refractivity (Wildman–Crippen MR) is 160 cm³/mol. The quantitative estimate of drug-likeness (QED) is 0.0616. The van der Waals surface area contributed by atoms with Crippen LogP contribution in [0.5, 0.6) is 11.5 Å². The number of hydrogen-bond acceptors (Lipinski definition) is 6. The average Bonchev–Trinajstić information content (AvgIpc) is 2.95. The highest BCUT2D eigenvalue weighted by Gasteiger charge is 2.24. The van der Waals surface area contributed by atoms with Crippen molar-refractivity contribution in [3.05, 3.63) is 89.0 Å². The van der Waals surface area contributed by atoms with Crippen LogP contribution < -0.4 is 31.4 Å². The number of hydrogen-bond donors (Lipinski definition) is 6. The number of nitrogens with two attached hydrogens (primary N) is 2. The number of carbonyl (C=O) groups is 3. The molecule has 11 heteroatoms. The van der Waals surface area contributed by atoms with E-state index in [0.717, 1.165) is 18.8 Å². The number of anilines is 1. The van der Waals surface area contributed by atoms with Crippen LogP contribution in [0.2, 0.25) is 0 Å². The van der Waals surface area contributed by atoms with E-state index in [1.807, 2.05) is 19.9 Å². The van der Waals surface area contributed by atoms with Gasteiger partial charge in [-0.2, -0.15) is 0 Å². The summed E-state index contributed by atoms with van der Waals surface area (Å²) in [6, 6.07) is 17.0. The molecule has 0 aliphatic rings. The summed E-state index contributed by atoms with van der Waals surface area (Å²) in [7, 11) is 0. The largest absolute Gasteiger partial charge is 0.507 e. The molecule has 0 heterocycles. The van der Waals surface area contributed by atoms with Crippen molar-refractivity contribution >= 4 is 41.3 Å². The average molecular weight is 575 g/mol. The molecule has 0 aliphatic heterocycles. The molecule has 0 aliphatic carbocycles. The number of aromatic hydroxyl groups is 1. The number of carboxylic acids is 1. The first-order valence-electron chi connectivity index (χ1n) is 13.4. The lowest BCUT2D eigenvalue weighted by molar-refractivity contribution is -0.356. The predicted octanol–water partition coefficient (Wildman–Crippen LogP) is 1.66. The summed E-state index contributed by atoms with van der Waals surface area (Å²) >= 11 is 0. The minimum atomic E-state index is -1.25. The van der Waals surface area contributed by atoms with Gasteiger partial charge in [-0.05, 0) is 62.7 Å². The van der Waals surface area contributed by atoms with Crippen LogP contribution in [0.25, 0.3) is 6.08 Å². The molecule has 0 bridgehead atoms. The summed E-state index contributed by atoms with van der Waals surface area (Å²) < 4.78 is 5.56. The van der Waals surface area contributed by atoms with Gasteiger partial charge in [-0.15, -0.1) is 0 Å². The number of carbonyl (C=O) groups excluding carboxylic acids is 2. The number of esters is 1. The molecule has 0 unspecified atom stereocenters. The van der Waals surface area contributed by atoms with Gasteiger partial charge in [-0.3, -0.25) is 16.3 Å². The molecule has 8 N–H and O–H groups in total. The SMILES string of the molecule is CCN(CC)c1ccc(/C=C(\C)C(=O)Oc2ccc([NH+]=C(N)N)cc2C(=O)N[C@H](Cc2ccccc2)C(=O)O)c(O)c1. The number of phenolic OH excluding ortho intramolecular Hbond substituents is 1. The van der Waals surface area contributed by atoms with E-state index in [1.165, 1.54) is 31.2 Å². The van der Waals surface area contributed by atoms with Crippen molar-refractivity contribution in [3.8, 4) is 11.5 Å². The van der Waals surface area contributed by atoms with Crippen molar-refractivity contribution in [2.45, 2.75) is 33.2 Å². The third-order valence-corrected chi connectivity index (χ3v) is 6.44. The Morgan fingerprint density at radius 3 is 2.31 bits per heavy atom. The monoisotopic (exact) mass is 574 g/mol. The Labute approximate surface area is 244 Å². The van der Waals surface area contributed by atoms with Crippen molar-refractivity contribution in [1.29, 1.82) is 0 Å². The first-order chi connectivity index (χ1) is 20.0. The summed E-state index contributed by atoms with van der Waals surface area (Å²) in [5.41, 5.74) is 13.4. The van der Waals surface area contributed by atoms with E-state index in [0.29, 0.717) is 16.8 Å². The van der Waals surface area contributed by atoms with Gasteiger partial charge in [0.2, 0.25) is 0 Å². The summed E-state index contributed by atoms with van der Waals surface area (Å²) in [5.74, 6) is -3.05. The molecule has 3 aromatic rings. The molecule has 0 spiro atoms. The third-order valence-electron chi connectivity index (χ3n) is 6.44. The van der Waals surface area contributed by atoms with Crippen LogP contribution in [0, 0.1) is 0 Å². The van der Waals surface area contributed by atoms with Gasteiger partial charge in [0.1, 0.15) is 23.2 Å². The fourth-order valence-corrected chi connectivity index (χ4v) is 4.24. The highest BCUT2D eigenvalue weighted by atomic mass is 16.5. The number of nitrogens with one attached hydrogen (secondary N) is 2. The first-order valence-corrected chi connectivity index (χ1v) is 13.4. The number of benzene rings is 3. The molecule has 0 aromatic heterocycles. The molecule has 11 nitrogen and oxygen atoms in total. The number of phenols is 1. The molecular weight excluding hydrogens is 538 g/mol. The zero-order chi connectivity index (χ0) is 30.8. The van der Waals surface area contributed by atoms with Crippen molar-refractivity contribution < 1.29 is 34.3 Å². The van der Waals surface area contributed by atoms with Crippen LogP contribution in [0.3, 0.4) is 0 Å². The van der Waals surface area contributed by atoms with E-state index in [-0.39, 0.29) is 35.0 Å². The van der Waals surface area contributed by atoms with E-state index < -0.39 is 23.9 Å². The number of carboxylic acid groups (broad SMARTS) is 1. The zero-order valence-electron chi connectivity index (χ0n) is 23.8. The topological polar surface area (TPSA) is 182 Å². The maximum absolute atomic E-state index is 13.3. The molecule has 1 amide bonds. The molecule has 220 valence electrons. The standard InChI is InChI=1S/C31H35N5O6/c1-4-36(5-2)23-13-11-21(26(37)18-23)15-19(3)30(41)42-27-14-12-22(34-31(32)33)17-24(27)28(38)35-25(29(39)40)16-20-9-7-6-8-10-20/h6-15,17-18,25,37H,4-5,16H2,1-3H3,(H,35,38)(H,39,40)(H4,32,33,34)/p+1/b19-15+/t25-/m1/s1. The van der Waals surface area contributed by atoms with Gasteiger partial charge < -0.3 is 25.2 Å². The Morgan fingerprint density at radius 2 is 1.71 bits per heavy atom. The van der Waals surface area contributed by atoms with E-state index in [1.54, 1.807) is 42.5 Å². The molecule has 3 aromatic carbocycles. The Balaban J connectivity index is 1.88. The molecule has 42 heavy (non-hydrogen) atoms. The van der Waals surface area contributed by atoms with Gasteiger partial charge in [0, 0.05) is 42.4 Å². The number of guanidine groups is 1. The second-order valence-corrected chi connectivity index (χ2v) is 9.48. The number of nitrogens with zero attached hydrogens (tertiary/aromatic N) is 1. The second kappa shape index (κ2) is 14.4. The Bertz CT molecular complexity index is 1490. The van der Waals surface area contributed by atoms with Gasteiger partial charge in [-0.1, -0.05) is 30.3 Å². The highest BCUT2D eigenvalue weighted by molar-refractivity contribution is 6.01. The van der Waals surface area contributed by atoms with E-state index >= 15 is 0 Å². The molecular formula is C31H36N5O6+. The van der Waals surface area contributed by atoms with Crippen molar-refractivity contribution in [2.75, 3.05) is 18.0 Å². The van der Waals surface area contributed by atoms with Crippen LogP contribution in [0.4, 0.5) is 11.4 Å². The van der Waals surface area contributed by atoms with Crippen LogP contribution in [0.1, 0.15) is 42.3 Å². The van der Waals surface area contributed by atoms with E-state index in [9.17, 15) is 24.6 Å².